The molecule has 0 saturated carbocycles. The van der Waals surface area contributed by atoms with Crippen LogP contribution in [0.4, 0.5) is 0 Å². The van der Waals surface area contributed by atoms with E-state index in [0.717, 1.165) is 0 Å². The number of carboxylic acids is 1. The summed E-state index contributed by atoms with van der Waals surface area (Å²) < 4.78 is 10.8. The normalized spacial score (nSPS) is 11.2. The molecule has 160 valence electrons. The van der Waals surface area contributed by atoms with Crippen LogP contribution in [0.15, 0.2) is 52.8 Å². The van der Waals surface area contributed by atoms with Gasteiger partial charge in [0.05, 0.1) is 12.9 Å². The van der Waals surface area contributed by atoms with Gasteiger partial charge in [0.25, 0.3) is 11.8 Å². The van der Waals surface area contributed by atoms with Crippen molar-refractivity contribution in [2.75, 3.05) is 13.2 Å². The number of rotatable bonds is 11. The number of amides is 2. The van der Waals surface area contributed by atoms with Crippen molar-refractivity contribution in [3.05, 3.63) is 59.7 Å². The van der Waals surface area contributed by atoms with Crippen molar-refractivity contribution in [3.8, 4) is 5.75 Å². The molecule has 8 nitrogen and oxygen atoms in total. The van der Waals surface area contributed by atoms with E-state index in [0.29, 0.717) is 29.6 Å². The Labute approximate surface area is 174 Å². The van der Waals surface area contributed by atoms with Crippen molar-refractivity contribution < 1.29 is 28.6 Å². The Morgan fingerprint density at radius 1 is 1.17 bits per heavy atom. The largest absolute Gasteiger partial charge is 0.493 e. The first-order valence-electron chi connectivity index (χ1n) is 9.64. The Bertz CT molecular complexity index is 870. The first kappa shape index (κ1) is 22.7. The second kappa shape index (κ2) is 11.5. The molecule has 8 heteroatoms. The summed E-state index contributed by atoms with van der Waals surface area (Å²) in [4.78, 5) is 35.7. The van der Waals surface area contributed by atoms with Gasteiger partial charge in [-0.25, -0.2) is 0 Å². The molecule has 0 atom stereocenters. The van der Waals surface area contributed by atoms with Crippen LogP contribution in [0.1, 0.15) is 42.8 Å². The molecule has 30 heavy (non-hydrogen) atoms. The highest BCUT2D eigenvalue weighted by Gasteiger charge is 2.15. The monoisotopic (exact) mass is 414 g/mol. The third-order valence-corrected chi connectivity index (χ3v) is 3.88. The Balaban J connectivity index is 2.04. The average molecular weight is 414 g/mol. The zero-order valence-corrected chi connectivity index (χ0v) is 17.0. The molecule has 1 aromatic carbocycles. The minimum Gasteiger partial charge on any atom is -0.493 e. The third kappa shape index (κ3) is 7.83. The van der Waals surface area contributed by atoms with Gasteiger partial charge in [-0.15, -0.1) is 0 Å². The molecule has 1 aromatic heterocycles. The average Bonchev–Trinajstić information content (AvgIpc) is 3.22. The fourth-order valence-corrected chi connectivity index (χ4v) is 2.37. The van der Waals surface area contributed by atoms with Gasteiger partial charge in [-0.2, -0.15) is 0 Å². The van der Waals surface area contributed by atoms with Crippen LogP contribution in [0.3, 0.4) is 0 Å². The Kier molecular flexibility index (Phi) is 8.68. The number of carboxylic acid groups (broad SMARTS) is 1. The molecule has 0 spiro atoms. The molecule has 0 radical (unpaired) electrons. The minimum absolute atomic E-state index is 0.00888. The summed E-state index contributed by atoms with van der Waals surface area (Å²) >= 11 is 0. The van der Waals surface area contributed by atoms with Crippen LogP contribution in [-0.4, -0.2) is 36.0 Å². The van der Waals surface area contributed by atoms with Gasteiger partial charge in [0, 0.05) is 24.6 Å². The van der Waals surface area contributed by atoms with E-state index >= 15 is 0 Å². The van der Waals surface area contributed by atoms with Crippen LogP contribution in [0.2, 0.25) is 0 Å². The predicted molar refractivity (Wildman–Crippen MR) is 111 cm³/mol. The fraction of sp³-hybridized carbons (Fsp3) is 0.318. The van der Waals surface area contributed by atoms with E-state index in [1.807, 2.05) is 13.8 Å². The van der Waals surface area contributed by atoms with E-state index < -0.39 is 17.8 Å². The summed E-state index contributed by atoms with van der Waals surface area (Å²) in [5.74, 6) is -0.516. The quantitative estimate of drug-likeness (QED) is 0.384. The topological polar surface area (TPSA) is 118 Å². The SMILES string of the molecule is CC(C)COc1ccc(C(=O)N/C(=C\c2ccco2)C(=O)NCCCC(=O)O)cc1. The molecule has 0 unspecified atom stereocenters. The van der Waals surface area contributed by atoms with E-state index in [1.54, 1.807) is 36.4 Å². The van der Waals surface area contributed by atoms with Crippen LogP contribution in [0, 0.1) is 5.92 Å². The van der Waals surface area contributed by atoms with Crippen molar-refractivity contribution in [1.82, 2.24) is 10.6 Å². The molecule has 0 fully saturated rings. The van der Waals surface area contributed by atoms with Crippen LogP contribution in [0.5, 0.6) is 5.75 Å². The van der Waals surface area contributed by atoms with E-state index in [2.05, 4.69) is 10.6 Å². The lowest BCUT2D eigenvalue weighted by Crippen LogP contribution is -2.35. The Morgan fingerprint density at radius 3 is 2.50 bits per heavy atom. The lowest BCUT2D eigenvalue weighted by Gasteiger charge is -2.11. The van der Waals surface area contributed by atoms with Gasteiger partial charge in [0.1, 0.15) is 17.2 Å². The zero-order chi connectivity index (χ0) is 21.9. The number of benzene rings is 1. The maximum Gasteiger partial charge on any atom is 0.303 e. The van der Waals surface area contributed by atoms with Crippen LogP contribution < -0.4 is 15.4 Å². The number of hydrogen-bond donors (Lipinski definition) is 3. The standard InChI is InChI=1S/C22H26N2O6/c1-15(2)14-30-17-9-7-16(8-10-17)21(27)24-19(13-18-5-4-12-29-18)22(28)23-11-3-6-20(25)26/h4-5,7-10,12-13,15H,3,6,11,14H2,1-2H3,(H,23,28)(H,24,27)(H,25,26)/b19-13-. The molecular weight excluding hydrogens is 388 g/mol. The number of carbonyl (C=O) groups is 3. The van der Waals surface area contributed by atoms with Gasteiger partial charge >= 0.3 is 5.97 Å². The molecule has 2 amide bonds. The van der Waals surface area contributed by atoms with Crippen LogP contribution in [-0.2, 0) is 9.59 Å². The van der Waals surface area contributed by atoms with Crippen molar-refractivity contribution in [1.29, 1.82) is 0 Å². The Morgan fingerprint density at radius 2 is 1.90 bits per heavy atom. The molecule has 0 bridgehead atoms. The van der Waals surface area contributed by atoms with E-state index in [9.17, 15) is 14.4 Å². The van der Waals surface area contributed by atoms with Crippen LogP contribution >= 0.6 is 0 Å². The number of aliphatic carboxylic acids is 1. The predicted octanol–water partition coefficient (Wildman–Crippen LogP) is 3.07. The smallest absolute Gasteiger partial charge is 0.303 e. The summed E-state index contributed by atoms with van der Waals surface area (Å²) in [5.41, 5.74) is 0.348. The Hall–Kier alpha value is -3.55. The molecule has 2 rings (SSSR count). The first-order valence-corrected chi connectivity index (χ1v) is 9.64. The lowest BCUT2D eigenvalue weighted by atomic mass is 10.2. The number of furan rings is 1. The number of ether oxygens (including phenoxy) is 1. The van der Waals surface area contributed by atoms with Crippen molar-refractivity contribution >= 4 is 23.9 Å². The number of hydrogen-bond acceptors (Lipinski definition) is 5. The lowest BCUT2D eigenvalue weighted by molar-refractivity contribution is -0.137. The zero-order valence-electron chi connectivity index (χ0n) is 17.0. The van der Waals surface area contributed by atoms with Gasteiger partial charge < -0.3 is 24.9 Å². The molecule has 3 N–H and O–H groups in total. The van der Waals surface area contributed by atoms with E-state index in [4.69, 9.17) is 14.3 Å². The second-order valence-electron chi connectivity index (χ2n) is 7.01. The summed E-state index contributed by atoms with van der Waals surface area (Å²) in [7, 11) is 0. The first-order chi connectivity index (χ1) is 14.3. The van der Waals surface area contributed by atoms with Crippen molar-refractivity contribution in [2.24, 2.45) is 5.92 Å². The maximum atomic E-state index is 12.6. The van der Waals surface area contributed by atoms with Crippen molar-refractivity contribution in [2.45, 2.75) is 26.7 Å². The maximum absolute atomic E-state index is 12.6. The molecule has 1 heterocycles. The van der Waals surface area contributed by atoms with Gasteiger partial charge in [0.2, 0.25) is 0 Å². The molecule has 0 aliphatic carbocycles. The molecule has 0 aliphatic heterocycles. The molecule has 2 aromatic rings. The second-order valence-corrected chi connectivity index (χ2v) is 7.01. The minimum atomic E-state index is -0.940. The molecule has 0 saturated heterocycles. The fourth-order valence-electron chi connectivity index (χ4n) is 2.37. The van der Waals surface area contributed by atoms with Gasteiger partial charge in [-0.3, -0.25) is 14.4 Å². The highest BCUT2D eigenvalue weighted by molar-refractivity contribution is 6.05. The summed E-state index contributed by atoms with van der Waals surface area (Å²) in [6.45, 7) is 4.82. The molecule has 0 aliphatic rings. The highest BCUT2D eigenvalue weighted by Crippen LogP contribution is 2.14. The van der Waals surface area contributed by atoms with E-state index in [1.165, 1.54) is 12.3 Å². The summed E-state index contributed by atoms with van der Waals surface area (Å²) in [6.07, 6.45) is 3.08. The highest BCUT2D eigenvalue weighted by atomic mass is 16.5. The van der Waals surface area contributed by atoms with E-state index in [-0.39, 0.29) is 25.1 Å². The number of nitrogens with one attached hydrogen (secondary N) is 2. The third-order valence-electron chi connectivity index (χ3n) is 3.88. The van der Waals surface area contributed by atoms with Crippen LogP contribution in [0.25, 0.3) is 6.08 Å². The molecular formula is C22H26N2O6. The van der Waals surface area contributed by atoms with Crippen molar-refractivity contribution in [3.63, 3.8) is 0 Å². The number of carbonyl (C=O) groups excluding carboxylic acids is 2. The summed E-state index contributed by atoms with van der Waals surface area (Å²) in [5, 5.41) is 13.9. The summed E-state index contributed by atoms with van der Waals surface area (Å²) in [6, 6.07) is 9.91. The van der Waals surface area contributed by atoms with Gasteiger partial charge in [-0.1, -0.05) is 13.8 Å². The van der Waals surface area contributed by atoms with Gasteiger partial charge in [0.15, 0.2) is 0 Å². The van der Waals surface area contributed by atoms with Gasteiger partial charge in [-0.05, 0) is 48.7 Å².